The van der Waals surface area contributed by atoms with Crippen molar-refractivity contribution in [2.24, 2.45) is 12.0 Å². The molecule has 2 N–H and O–H groups in total. The molecule has 0 unspecified atom stereocenters. The van der Waals surface area contributed by atoms with Crippen molar-refractivity contribution in [1.82, 2.24) is 30.2 Å². The zero-order valence-electron chi connectivity index (χ0n) is 18.3. The zero-order valence-corrected chi connectivity index (χ0v) is 20.6. The van der Waals surface area contributed by atoms with Crippen LogP contribution in [0.2, 0.25) is 0 Å². The standard InChI is InChI=1S/C19H35N7O2.HI/c1-19(2,3)28-18(27)26-13-11-25(12-14-26)10-6-8-21-17(20-4)22-15-16-7-9-23-24(16)5;/h7,9H,6,8,10-15H2,1-5H3,(H2,20,21,22);1H. The Morgan fingerprint density at radius 1 is 1.24 bits per heavy atom. The van der Waals surface area contributed by atoms with Crippen molar-refractivity contribution in [3.05, 3.63) is 18.0 Å². The van der Waals surface area contributed by atoms with E-state index >= 15 is 0 Å². The van der Waals surface area contributed by atoms with Crippen LogP contribution in [0.5, 0.6) is 0 Å². The van der Waals surface area contributed by atoms with E-state index in [-0.39, 0.29) is 30.1 Å². The van der Waals surface area contributed by atoms with E-state index in [1.807, 2.05) is 38.6 Å². The number of aromatic nitrogens is 2. The summed E-state index contributed by atoms with van der Waals surface area (Å²) in [5.41, 5.74) is 0.661. The number of piperazine rings is 1. The highest BCUT2D eigenvalue weighted by Crippen LogP contribution is 2.11. The number of halogens is 1. The number of aryl methyl sites for hydroxylation is 1. The Balaban J connectivity index is 0.00000420. The van der Waals surface area contributed by atoms with Crippen LogP contribution in [0.3, 0.4) is 0 Å². The van der Waals surface area contributed by atoms with E-state index in [2.05, 4.69) is 25.6 Å². The molecule has 1 amide bonds. The number of carbonyl (C=O) groups is 1. The molecular weight excluding hydrogens is 485 g/mol. The Labute approximate surface area is 191 Å². The first-order chi connectivity index (χ1) is 13.3. The van der Waals surface area contributed by atoms with E-state index in [9.17, 15) is 4.79 Å². The number of hydrogen-bond acceptors (Lipinski definition) is 5. The number of amides is 1. The number of hydrogen-bond donors (Lipinski definition) is 2. The molecule has 0 aliphatic carbocycles. The van der Waals surface area contributed by atoms with Crippen LogP contribution < -0.4 is 10.6 Å². The largest absolute Gasteiger partial charge is 0.444 e. The molecule has 166 valence electrons. The van der Waals surface area contributed by atoms with Gasteiger partial charge < -0.3 is 20.3 Å². The van der Waals surface area contributed by atoms with Crippen LogP contribution in [0, 0.1) is 0 Å². The number of nitrogens with zero attached hydrogens (tertiary/aromatic N) is 5. The molecular formula is C19H36IN7O2. The fourth-order valence-corrected chi connectivity index (χ4v) is 2.96. The average molecular weight is 521 g/mol. The molecule has 1 aromatic rings. The molecule has 0 radical (unpaired) electrons. The molecule has 0 saturated carbocycles. The number of aliphatic imine (C=N–C) groups is 1. The molecule has 0 bridgehead atoms. The smallest absolute Gasteiger partial charge is 0.410 e. The van der Waals surface area contributed by atoms with Gasteiger partial charge in [-0.1, -0.05) is 0 Å². The van der Waals surface area contributed by atoms with Crippen molar-refractivity contribution in [2.45, 2.75) is 39.3 Å². The van der Waals surface area contributed by atoms with Crippen molar-refractivity contribution in [3.63, 3.8) is 0 Å². The van der Waals surface area contributed by atoms with Crippen molar-refractivity contribution in [1.29, 1.82) is 0 Å². The maximum atomic E-state index is 12.1. The van der Waals surface area contributed by atoms with Gasteiger partial charge >= 0.3 is 6.09 Å². The minimum atomic E-state index is -0.441. The lowest BCUT2D eigenvalue weighted by Gasteiger charge is -2.35. The molecule has 0 aromatic carbocycles. The van der Waals surface area contributed by atoms with E-state index in [1.54, 1.807) is 18.1 Å². The highest BCUT2D eigenvalue weighted by molar-refractivity contribution is 14.0. The van der Waals surface area contributed by atoms with Gasteiger partial charge in [0.1, 0.15) is 5.60 Å². The highest BCUT2D eigenvalue weighted by Gasteiger charge is 2.25. The topological polar surface area (TPSA) is 87.0 Å². The minimum absolute atomic E-state index is 0. The molecule has 29 heavy (non-hydrogen) atoms. The molecule has 1 aliphatic heterocycles. The second kappa shape index (κ2) is 12.2. The van der Waals surface area contributed by atoms with Crippen LogP contribution in [0.25, 0.3) is 0 Å². The molecule has 0 atom stereocenters. The SMILES string of the molecule is CN=C(NCCCN1CCN(C(=O)OC(C)(C)C)CC1)NCc1ccnn1C.I. The van der Waals surface area contributed by atoms with Gasteiger partial charge in [0.25, 0.3) is 0 Å². The van der Waals surface area contributed by atoms with Crippen molar-refractivity contribution in [2.75, 3.05) is 46.3 Å². The van der Waals surface area contributed by atoms with Gasteiger partial charge in [0, 0.05) is 53.0 Å². The monoisotopic (exact) mass is 521 g/mol. The summed E-state index contributed by atoms with van der Waals surface area (Å²) in [4.78, 5) is 20.5. The van der Waals surface area contributed by atoms with E-state index in [1.165, 1.54) is 0 Å². The minimum Gasteiger partial charge on any atom is -0.444 e. The number of carbonyl (C=O) groups excluding carboxylic acids is 1. The quantitative estimate of drug-likeness (QED) is 0.256. The summed E-state index contributed by atoms with van der Waals surface area (Å²) in [6, 6.07) is 1.98. The first kappa shape index (κ1) is 25.5. The first-order valence-corrected chi connectivity index (χ1v) is 9.90. The van der Waals surface area contributed by atoms with E-state index in [4.69, 9.17) is 4.74 Å². The van der Waals surface area contributed by atoms with Crippen LogP contribution in [-0.4, -0.2) is 83.6 Å². The lowest BCUT2D eigenvalue weighted by molar-refractivity contribution is 0.0145. The third-order valence-electron chi connectivity index (χ3n) is 4.55. The lowest BCUT2D eigenvalue weighted by Crippen LogP contribution is -2.50. The summed E-state index contributed by atoms with van der Waals surface area (Å²) in [5.74, 6) is 0.788. The third kappa shape index (κ3) is 9.20. The zero-order chi connectivity index (χ0) is 20.6. The highest BCUT2D eigenvalue weighted by atomic mass is 127. The Kier molecular flexibility index (Phi) is 10.7. The number of ether oxygens (including phenoxy) is 1. The van der Waals surface area contributed by atoms with Gasteiger partial charge in [-0.2, -0.15) is 5.10 Å². The molecule has 1 aromatic heterocycles. The third-order valence-corrected chi connectivity index (χ3v) is 4.55. The molecule has 0 spiro atoms. The average Bonchev–Trinajstić information content (AvgIpc) is 3.05. The van der Waals surface area contributed by atoms with Crippen LogP contribution in [0.1, 0.15) is 32.9 Å². The lowest BCUT2D eigenvalue weighted by atomic mass is 10.2. The van der Waals surface area contributed by atoms with Gasteiger partial charge in [-0.3, -0.25) is 14.6 Å². The summed E-state index contributed by atoms with van der Waals surface area (Å²) in [6.45, 7) is 11.4. The molecule has 9 nitrogen and oxygen atoms in total. The van der Waals surface area contributed by atoms with Crippen molar-refractivity contribution >= 4 is 36.0 Å². The Bertz CT molecular complexity index is 649. The predicted octanol–water partition coefficient (Wildman–Crippen LogP) is 1.65. The molecule has 10 heteroatoms. The molecule has 2 heterocycles. The Morgan fingerprint density at radius 3 is 2.48 bits per heavy atom. The Hall–Kier alpha value is -1.56. The van der Waals surface area contributed by atoms with Gasteiger partial charge in [-0.25, -0.2) is 4.79 Å². The van der Waals surface area contributed by atoms with Crippen LogP contribution in [0.15, 0.2) is 17.3 Å². The fourth-order valence-electron chi connectivity index (χ4n) is 2.96. The van der Waals surface area contributed by atoms with Crippen molar-refractivity contribution in [3.8, 4) is 0 Å². The fraction of sp³-hybridized carbons (Fsp3) is 0.737. The summed E-state index contributed by atoms with van der Waals surface area (Å²) in [6.07, 6.45) is 2.59. The second-order valence-electron chi connectivity index (χ2n) is 7.96. The van der Waals surface area contributed by atoms with Crippen LogP contribution in [0.4, 0.5) is 4.79 Å². The maximum absolute atomic E-state index is 12.1. The van der Waals surface area contributed by atoms with Crippen LogP contribution in [-0.2, 0) is 18.3 Å². The maximum Gasteiger partial charge on any atom is 0.410 e. The summed E-state index contributed by atoms with van der Waals surface area (Å²) in [7, 11) is 3.70. The summed E-state index contributed by atoms with van der Waals surface area (Å²) < 4.78 is 7.28. The van der Waals surface area contributed by atoms with Gasteiger partial charge in [0.05, 0.1) is 12.2 Å². The number of rotatable bonds is 6. The summed E-state index contributed by atoms with van der Waals surface area (Å²) >= 11 is 0. The number of guanidine groups is 1. The molecule has 1 fully saturated rings. The molecule has 2 rings (SSSR count). The molecule has 1 saturated heterocycles. The first-order valence-electron chi connectivity index (χ1n) is 9.90. The van der Waals surface area contributed by atoms with E-state index < -0.39 is 5.60 Å². The second-order valence-corrected chi connectivity index (χ2v) is 7.96. The van der Waals surface area contributed by atoms with Crippen molar-refractivity contribution < 1.29 is 9.53 Å². The number of nitrogens with one attached hydrogen (secondary N) is 2. The van der Waals surface area contributed by atoms with E-state index in [0.29, 0.717) is 6.54 Å². The summed E-state index contributed by atoms with van der Waals surface area (Å²) in [5, 5.41) is 10.8. The van der Waals surface area contributed by atoms with E-state index in [0.717, 1.165) is 57.3 Å². The normalized spacial score (nSPS) is 15.6. The van der Waals surface area contributed by atoms with Gasteiger partial charge in [0.15, 0.2) is 5.96 Å². The van der Waals surface area contributed by atoms with Crippen LogP contribution >= 0.6 is 24.0 Å². The predicted molar refractivity (Wildman–Crippen MR) is 126 cm³/mol. The van der Waals surface area contributed by atoms with Gasteiger partial charge in [0.2, 0.25) is 0 Å². The van der Waals surface area contributed by atoms with Gasteiger partial charge in [-0.05, 0) is 39.8 Å². The van der Waals surface area contributed by atoms with Gasteiger partial charge in [-0.15, -0.1) is 24.0 Å². The molecule has 1 aliphatic rings. The Morgan fingerprint density at radius 2 is 1.93 bits per heavy atom.